The SMILES string of the molecule is C=CCNC(=O)c1ccc(NC2CCN(C3CC3)C2)cc1. The maximum absolute atomic E-state index is 11.8. The number of likely N-dealkylation sites (tertiary alicyclic amines) is 1. The van der Waals surface area contributed by atoms with E-state index in [1.54, 1.807) is 6.08 Å². The fourth-order valence-electron chi connectivity index (χ4n) is 2.90. The van der Waals surface area contributed by atoms with Crippen LogP contribution in [0.2, 0.25) is 0 Å². The first-order valence-corrected chi connectivity index (χ1v) is 7.76. The van der Waals surface area contributed by atoms with Gasteiger partial charge in [-0.3, -0.25) is 9.69 Å². The summed E-state index contributed by atoms with van der Waals surface area (Å²) in [6.07, 6.45) is 5.64. The number of anilines is 1. The normalized spacial score (nSPS) is 22.0. The minimum absolute atomic E-state index is 0.0535. The van der Waals surface area contributed by atoms with Gasteiger partial charge in [-0.15, -0.1) is 6.58 Å². The first-order chi connectivity index (χ1) is 10.3. The van der Waals surface area contributed by atoms with Crippen LogP contribution in [0.3, 0.4) is 0 Å². The molecular formula is C17H23N3O. The number of rotatable bonds is 6. The van der Waals surface area contributed by atoms with Crippen LogP contribution in [0.15, 0.2) is 36.9 Å². The predicted molar refractivity (Wildman–Crippen MR) is 85.6 cm³/mol. The number of amides is 1. The monoisotopic (exact) mass is 285 g/mol. The lowest BCUT2D eigenvalue weighted by Gasteiger charge is -2.16. The summed E-state index contributed by atoms with van der Waals surface area (Å²) >= 11 is 0. The third-order valence-electron chi connectivity index (χ3n) is 4.21. The van der Waals surface area contributed by atoms with Crippen molar-refractivity contribution in [1.29, 1.82) is 0 Å². The average Bonchev–Trinajstić information content (AvgIpc) is 3.26. The quantitative estimate of drug-likeness (QED) is 0.788. The molecule has 2 aliphatic rings. The first kappa shape index (κ1) is 14.1. The van der Waals surface area contributed by atoms with Crippen LogP contribution in [0.1, 0.15) is 29.6 Å². The Morgan fingerprint density at radius 1 is 1.29 bits per heavy atom. The Labute approximate surface area is 126 Å². The molecule has 1 aliphatic carbocycles. The third-order valence-corrected chi connectivity index (χ3v) is 4.21. The molecular weight excluding hydrogens is 262 g/mol. The van der Waals surface area contributed by atoms with Crippen LogP contribution in [0, 0.1) is 0 Å². The zero-order valence-corrected chi connectivity index (χ0v) is 12.3. The number of nitrogens with one attached hydrogen (secondary N) is 2. The highest BCUT2D eigenvalue weighted by Gasteiger charge is 2.34. The maximum Gasteiger partial charge on any atom is 0.251 e. The topological polar surface area (TPSA) is 44.4 Å². The summed E-state index contributed by atoms with van der Waals surface area (Å²) in [7, 11) is 0. The van der Waals surface area contributed by atoms with Crippen molar-refractivity contribution in [3.63, 3.8) is 0 Å². The Morgan fingerprint density at radius 2 is 2.05 bits per heavy atom. The molecule has 1 atom stereocenters. The molecule has 0 radical (unpaired) electrons. The van der Waals surface area contributed by atoms with E-state index in [2.05, 4.69) is 22.1 Å². The van der Waals surface area contributed by atoms with Crippen molar-refractivity contribution in [2.75, 3.05) is 25.0 Å². The number of benzene rings is 1. The van der Waals surface area contributed by atoms with Crippen LogP contribution >= 0.6 is 0 Å². The molecule has 1 heterocycles. The summed E-state index contributed by atoms with van der Waals surface area (Å²) in [5, 5.41) is 6.36. The molecule has 112 valence electrons. The summed E-state index contributed by atoms with van der Waals surface area (Å²) in [4.78, 5) is 14.4. The molecule has 1 aromatic carbocycles. The van der Waals surface area contributed by atoms with E-state index in [0.717, 1.165) is 18.3 Å². The lowest BCUT2D eigenvalue weighted by atomic mass is 10.1. The molecule has 2 N–H and O–H groups in total. The second-order valence-corrected chi connectivity index (χ2v) is 5.93. The van der Waals surface area contributed by atoms with Gasteiger partial charge in [0.15, 0.2) is 0 Å². The smallest absolute Gasteiger partial charge is 0.251 e. The van der Waals surface area contributed by atoms with E-state index in [4.69, 9.17) is 0 Å². The molecule has 4 heteroatoms. The van der Waals surface area contributed by atoms with E-state index in [1.807, 2.05) is 24.3 Å². The summed E-state index contributed by atoms with van der Waals surface area (Å²) < 4.78 is 0. The van der Waals surface area contributed by atoms with Crippen LogP contribution in [-0.2, 0) is 0 Å². The Hall–Kier alpha value is -1.81. The zero-order chi connectivity index (χ0) is 14.7. The molecule has 21 heavy (non-hydrogen) atoms. The fourth-order valence-corrected chi connectivity index (χ4v) is 2.90. The number of nitrogens with zero attached hydrogens (tertiary/aromatic N) is 1. The minimum Gasteiger partial charge on any atom is -0.381 e. The van der Waals surface area contributed by atoms with Crippen molar-refractivity contribution in [1.82, 2.24) is 10.2 Å². The average molecular weight is 285 g/mol. The molecule has 0 aromatic heterocycles. The molecule has 2 fully saturated rings. The summed E-state index contributed by atoms with van der Waals surface area (Å²) in [5.41, 5.74) is 1.78. The highest BCUT2D eigenvalue weighted by Crippen LogP contribution is 2.30. The molecule has 1 saturated carbocycles. The van der Waals surface area contributed by atoms with Crippen LogP contribution in [-0.4, -0.2) is 42.5 Å². The molecule has 1 unspecified atom stereocenters. The van der Waals surface area contributed by atoms with E-state index in [0.29, 0.717) is 18.2 Å². The van der Waals surface area contributed by atoms with Crippen LogP contribution in [0.5, 0.6) is 0 Å². The van der Waals surface area contributed by atoms with Gasteiger partial charge in [0, 0.05) is 43.0 Å². The van der Waals surface area contributed by atoms with Crippen molar-refractivity contribution in [2.45, 2.75) is 31.3 Å². The summed E-state index contributed by atoms with van der Waals surface area (Å²) in [6, 6.07) is 9.10. The second-order valence-electron chi connectivity index (χ2n) is 5.93. The Morgan fingerprint density at radius 3 is 2.71 bits per heavy atom. The molecule has 0 bridgehead atoms. The van der Waals surface area contributed by atoms with Crippen molar-refractivity contribution >= 4 is 11.6 Å². The van der Waals surface area contributed by atoms with Gasteiger partial charge in [0.1, 0.15) is 0 Å². The van der Waals surface area contributed by atoms with Gasteiger partial charge >= 0.3 is 0 Å². The second kappa shape index (κ2) is 6.31. The Kier molecular flexibility index (Phi) is 4.25. The highest BCUT2D eigenvalue weighted by atomic mass is 16.1. The van der Waals surface area contributed by atoms with Crippen LogP contribution in [0.4, 0.5) is 5.69 Å². The highest BCUT2D eigenvalue weighted by molar-refractivity contribution is 5.94. The number of carbonyl (C=O) groups is 1. The Balaban J connectivity index is 1.52. The van der Waals surface area contributed by atoms with Gasteiger partial charge in [0.05, 0.1) is 0 Å². The lowest BCUT2D eigenvalue weighted by Crippen LogP contribution is -2.27. The van der Waals surface area contributed by atoms with Gasteiger partial charge in [0.25, 0.3) is 5.91 Å². The summed E-state index contributed by atoms with van der Waals surface area (Å²) in [6.45, 7) is 6.45. The molecule has 1 amide bonds. The van der Waals surface area contributed by atoms with E-state index < -0.39 is 0 Å². The molecule has 4 nitrogen and oxygen atoms in total. The summed E-state index contributed by atoms with van der Waals surface area (Å²) in [5.74, 6) is -0.0535. The zero-order valence-electron chi connectivity index (χ0n) is 12.3. The third kappa shape index (κ3) is 3.64. The van der Waals surface area contributed by atoms with Gasteiger partial charge in [-0.1, -0.05) is 6.08 Å². The molecule has 0 spiro atoms. The number of hydrogen-bond donors (Lipinski definition) is 2. The minimum atomic E-state index is -0.0535. The van der Waals surface area contributed by atoms with Crippen molar-refractivity contribution < 1.29 is 4.79 Å². The first-order valence-electron chi connectivity index (χ1n) is 7.76. The van der Waals surface area contributed by atoms with Crippen molar-refractivity contribution in [3.8, 4) is 0 Å². The van der Waals surface area contributed by atoms with Gasteiger partial charge in [-0.05, 0) is 43.5 Å². The van der Waals surface area contributed by atoms with E-state index in [9.17, 15) is 4.79 Å². The van der Waals surface area contributed by atoms with Crippen molar-refractivity contribution in [2.24, 2.45) is 0 Å². The lowest BCUT2D eigenvalue weighted by molar-refractivity contribution is 0.0958. The predicted octanol–water partition coefficient (Wildman–Crippen LogP) is 2.25. The molecule has 1 aromatic rings. The van der Waals surface area contributed by atoms with Gasteiger partial charge in [-0.25, -0.2) is 0 Å². The number of carbonyl (C=O) groups excluding carboxylic acids is 1. The van der Waals surface area contributed by atoms with Crippen LogP contribution < -0.4 is 10.6 Å². The van der Waals surface area contributed by atoms with Crippen LogP contribution in [0.25, 0.3) is 0 Å². The largest absolute Gasteiger partial charge is 0.381 e. The van der Waals surface area contributed by atoms with Gasteiger partial charge < -0.3 is 10.6 Å². The van der Waals surface area contributed by atoms with E-state index in [1.165, 1.54) is 25.8 Å². The fraction of sp³-hybridized carbons (Fsp3) is 0.471. The standard InChI is InChI=1S/C17H23N3O/c1-2-10-18-17(21)13-3-5-14(6-4-13)19-15-9-11-20(12-15)16-7-8-16/h2-6,15-16,19H,1,7-12H2,(H,18,21). The molecule has 1 aliphatic heterocycles. The molecule has 1 saturated heterocycles. The maximum atomic E-state index is 11.8. The van der Waals surface area contributed by atoms with E-state index in [-0.39, 0.29) is 5.91 Å². The number of hydrogen-bond acceptors (Lipinski definition) is 3. The Bertz CT molecular complexity index is 507. The van der Waals surface area contributed by atoms with E-state index >= 15 is 0 Å². The van der Waals surface area contributed by atoms with Gasteiger partial charge in [0.2, 0.25) is 0 Å². The molecule has 3 rings (SSSR count). The van der Waals surface area contributed by atoms with Crippen molar-refractivity contribution in [3.05, 3.63) is 42.5 Å². The van der Waals surface area contributed by atoms with Gasteiger partial charge in [-0.2, -0.15) is 0 Å².